The van der Waals surface area contributed by atoms with Crippen molar-refractivity contribution in [3.63, 3.8) is 0 Å². The van der Waals surface area contributed by atoms with Gasteiger partial charge < -0.3 is 19.5 Å². The third-order valence-corrected chi connectivity index (χ3v) is 6.93. The number of benzene rings is 3. The molecule has 0 bridgehead atoms. The normalized spacial score (nSPS) is 10.8. The zero-order valence-electron chi connectivity index (χ0n) is 21.1. The minimum Gasteiger partial charge on any atom is -0.493 e. The number of amides is 1. The maximum atomic E-state index is 12.8. The van der Waals surface area contributed by atoms with Gasteiger partial charge in [-0.2, -0.15) is 0 Å². The van der Waals surface area contributed by atoms with Gasteiger partial charge in [0.1, 0.15) is 17.2 Å². The van der Waals surface area contributed by atoms with Crippen LogP contribution in [0.1, 0.15) is 26.4 Å². The molecule has 0 unspecified atom stereocenters. The molecular formula is C30H26ClNO5S. The van der Waals surface area contributed by atoms with Gasteiger partial charge in [0.15, 0.2) is 11.5 Å². The maximum Gasteiger partial charge on any atom is 0.341 e. The Morgan fingerprint density at radius 2 is 1.76 bits per heavy atom. The average Bonchev–Trinajstić information content (AvgIpc) is 3.26. The highest BCUT2D eigenvalue weighted by atomic mass is 35.5. The maximum absolute atomic E-state index is 12.8. The monoisotopic (exact) mass is 547 g/mol. The standard InChI is InChI=1S/C30H26ClNO5S/c1-19-27(22-10-7-11-23(31)17-22)28(30(34)36-3)29(38-19)32-26(33)15-13-20-12-14-24(25(16-20)35-2)37-18-21-8-5-4-6-9-21/h4-17H,18H2,1-3H3,(H,32,33)/b15-13+. The van der Waals surface area contributed by atoms with Crippen LogP contribution in [-0.2, 0) is 16.1 Å². The van der Waals surface area contributed by atoms with E-state index in [1.165, 1.54) is 24.5 Å². The first kappa shape index (κ1) is 27.0. The summed E-state index contributed by atoms with van der Waals surface area (Å²) in [6.07, 6.45) is 3.06. The topological polar surface area (TPSA) is 73.9 Å². The van der Waals surface area contributed by atoms with E-state index in [1.54, 1.807) is 37.5 Å². The fraction of sp³-hybridized carbons (Fsp3) is 0.133. The Morgan fingerprint density at radius 3 is 2.47 bits per heavy atom. The van der Waals surface area contributed by atoms with E-state index < -0.39 is 11.9 Å². The Kier molecular flexibility index (Phi) is 8.84. The van der Waals surface area contributed by atoms with Crippen molar-refractivity contribution in [2.45, 2.75) is 13.5 Å². The molecule has 1 amide bonds. The van der Waals surface area contributed by atoms with Gasteiger partial charge in [-0.25, -0.2) is 4.79 Å². The molecule has 38 heavy (non-hydrogen) atoms. The molecule has 4 rings (SSSR count). The Bertz CT molecular complexity index is 1480. The number of carbonyl (C=O) groups is 2. The van der Waals surface area contributed by atoms with Crippen molar-refractivity contribution in [2.75, 3.05) is 19.5 Å². The number of aryl methyl sites for hydroxylation is 1. The number of carbonyl (C=O) groups excluding carboxylic acids is 2. The molecule has 8 heteroatoms. The molecular weight excluding hydrogens is 522 g/mol. The van der Waals surface area contributed by atoms with Gasteiger partial charge >= 0.3 is 5.97 Å². The summed E-state index contributed by atoms with van der Waals surface area (Å²) in [7, 11) is 2.87. The first-order chi connectivity index (χ1) is 18.4. The number of nitrogens with one attached hydrogen (secondary N) is 1. The third-order valence-electron chi connectivity index (χ3n) is 5.68. The van der Waals surface area contributed by atoms with Gasteiger partial charge in [0.05, 0.1) is 14.2 Å². The number of halogens is 1. The van der Waals surface area contributed by atoms with Crippen LogP contribution in [0.3, 0.4) is 0 Å². The van der Waals surface area contributed by atoms with Crippen LogP contribution in [0.15, 0.2) is 78.9 Å². The SMILES string of the molecule is COC(=O)c1c(NC(=O)/C=C/c2ccc(OCc3ccccc3)c(OC)c2)sc(C)c1-c1cccc(Cl)c1. The lowest BCUT2D eigenvalue weighted by molar-refractivity contribution is -0.111. The van der Waals surface area contributed by atoms with E-state index in [2.05, 4.69) is 5.32 Å². The smallest absolute Gasteiger partial charge is 0.341 e. The van der Waals surface area contributed by atoms with Gasteiger partial charge in [-0.3, -0.25) is 4.79 Å². The highest BCUT2D eigenvalue weighted by molar-refractivity contribution is 7.17. The summed E-state index contributed by atoms with van der Waals surface area (Å²) in [5.74, 6) is 0.219. The number of hydrogen-bond acceptors (Lipinski definition) is 6. The lowest BCUT2D eigenvalue weighted by atomic mass is 10.0. The van der Waals surface area contributed by atoms with Crippen molar-refractivity contribution < 1.29 is 23.8 Å². The van der Waals surface area contributed by atoms with Crippen LogP contribution in [0.25, 0.3) is 17.2 Å². The van der Waals surface area contributed by atoms with E-state index in [0.717, 1.165) is 21.6 Å². The van der Waals surface area contributed by atoms with Gasteiger partial charge in [0.25, 0.3) is 0 Å². The molecule has 0 saturated carbocycles. The molecule has 4 aromatic rings. The minimum absolute atomic E-state index is 0.292. The van der Waals surface area contributed by atoms with E-state index in [9.17, 15) is 9.59 Å². The molecule has 0 saturated heterocycles. The second-order valence-corrected chi connectivity index (χ2v) is 9.91. The molecule has 194 valence electrons. The zero-order chi connectivity index (χ0) is 27.1. The Hall–Kier alpha value is -4.07. The fourth-order valence-electron chi connectivity index (χ4n) is 3.89. The largest absolute Gasteiger partial charge is 0.493 e. The number of anilines is 1. The van der Waals surface area contributed by atoms with Gasteiger partial charge in [0.2, 0.25) is 5.91 Å². The van der Waals surface area contributed by atoms with E-state index in [1.807, 2.05) is 55.5 Å². The van der Waals surface area contributed by atoms with Gasteiger partial charge in [-0.05, 0) is 54.0 Å². The van der Waals surface area contributed by atoms with Crippen LogP contribution in [0.5, 0.6) is 11.5 Å². The van der Waals surface area contributed by atoms with Gasteiger partial charge in [-0.1, -0.05) is 60.1 Å². The van der Waals surface area contributed by atoms with Crippen molar-refractivity contribution in [3.05, 3.63) is 105 Å². The van der Waals surface area contributed by atoms with E-state index in [-0.39, 0.29) is 0 Å². The predicted octanol–water partition coefficient (Wildman–Crippen LogP) is 7.40. The molecule has 0 aliphatic carbocycles. The molecule has 1 aromatic heterocycles. The van der Waals surface area contributed by atoms with Crippen molar-refractivity contribution in [1.82, 2.24) is 0 Å². The van der Waals surface area contributed by atoms with Crippen LogP contribution in [0, 0.1) is 6.92 Å². The summed E-state index contributed by atoms with van der Waals surface area (Å²) in [4.78, 5) is 26.4. The highest BCUT2D eigenvalue weighted by Gasteiger charge is 2.25. The summed E-state index contributed by atoms with van der Waals surface area (Å²) in [6.45, 7) is 2.29. The number of thiophene rings is 1. The highest BCUT2D eigenvalue weighted by Crippen LogP contribution is 2.41. The number of ether oxygens (including phenoxy) is 3. The first-order valence-corrected chi connectivity index (χ1v) is 12.9. The molecule has 0 aliphatic heterocycles. The second-order valence-electron chi connectivity index (χ2n) is 8.25. The van der Waals surface area contributed by atoms with E-state index in [0.29, 0.717) is 39.3 Å². The number of methoxy groups -OCH3 is 2. The average molecular weight is 548 g/mol. The number of rotatable bonds is 9. The first-order valence-electron chi connectivity index (χ1n) is 11.7. The lowest BCUT2D eigenvalue weighted by Gasteiger charge is -2.11. The van der Waals surface area contributed by atoms with Crippen molar-refractivity contribution in [2.24, 2.45) is 0 Å². The van der Waals surface area contributed by atoms with Crippen LogP contribution in [-0.4, -0.2) is 26.1 Å². The van der Waals surface area contributed by atoms with Crippen molar-refractivity contribution >= 4 is 45.9 Å². The summed E-state index contributed by atoms with van der Waals surface area (Å²) in [6, 6.07) is 22.5. The second kappa shape index (κ2) is 12.4. The van der Waals surface area contributed by atoms with E-state index >= 15 is 0 Å². The minimum atomic E-state index is -0.542. The molecule has 1 heterocycles. The molecule has 6 nitrogen and oxygen atoms in total. The van der Waals surface area contributed by atoms with Crippen molar-refractivity contribution in [1.29, 1.82) is 0 Å². The fourth-order valence-corrected chi connectivity index (χ4v) is 5.15. The van der Waals surface area contributed by atoms with Crippen LogP contribution < -0.4 is 14.8 Å². The Balaban J connectivity index is 1.51. The Morgan fingerprint density at radius 1 is 0.974 bits per heavy atom. The molecule has 3 aromatic carbocycles. The number of esters is 1. The van der Waals surface area contributed by atoms with Crippen LogP contribution in [0.2, 0.25) is 5.02 Å². The summed E-state index contributed by atoms with van der Waals surface area (Å²) >= 11 is 7.47. The Labute approximate surface area is 230 Å². The van der Waals surface area contributed by atoms with Gasteiger partial charge in [0, 0.05) is 21.5 Å². The zero-order valence-corrected chi connectivity index (χ0v) is 22.7. The van der Waals surface area contributed by atoms with Crippen LogP contribution in [0.4, 0.5) is 5.00 Å². The molecule has 0 atom stereocenters. The van der Waals surface area contributed by atoms with E-state index in [4.69, 9.17) is 25.8 Å². The molecule has 0 fully saturated rings. The van der Waals surface area contributed by atoms with Crippen molar-refractivity contribution in [3.8, 4) is 22.6 Å². The van der Waals surface area contributed by atoms with Gasteiger partial charge in [-0.15, -0.1) is 11.3 Å². The predicted molar refractivity (Wildman–Crippen MR) is 152 cm³/mol. The lowest BCUT2D eigenvalue weighted by Crippen LogP contribution is -2.11. The summed E-state index contributed by atoms with van der Waals surface area (Å²) < 4.78 is 16.4. The molecule has 1 N–H and O–H groups in total. The molecule has 0 radical (unpaired) electrons. The molecule has 0 spiro atoms. The third kappa shape index (κ3) is 6.43. The number of hydrogen-bond donors (Lipinski definition) is 1. The quantitative estimate of drug-likeness (QED) is 0.174. The molecule has 0 aliphatic rings. The summed E-state index contributed by atoms with van der Waals surface area (Å²) in [5, 5.41) is 3.77. The van der Waals surface area contributed by atoms with Crippen LogP contribution >= 0.6 is 22.9 Å². The summed E-state index contributed by atoms with van der Waals surface area (Å²) in [5.41, 5.74) is 3.53.